The molecule has 0 aromatic rings. The molecule has 0 saturated carbocycles. The molecule has 0 amide bonds. The van der Waals surface area contributed by atoms with Crippen LogP contribution in [0.25, 0.3) is 0 Å². The minimum absolute atomic E-state index is 0.0220. The molecule has 0 aromatic heterocycles. The summed E-state index contributed by atoms with van der Waals surface area (Å²) in [5, 5.41) is 0. The lowest BCUT2D eigenvalue weighted by Crippen LogP contribution is -2.29. The topological polar surface area (TPSA) is 80.7 Å². The van der Waals surface area contributed by atoms with Gasteiger partial charge >= 0.3 is 5.97 Å². The van der Waals surface area contributed by atoms with E-state index in [4.69, 9.17) is 9.29 Å². The van der Waals surface area contributed by atoms with E-state index >= 15 is 0 Å². The van der Waals surface area contributed by atoms with Gasteiger partial charge in [0.1, 0.15) is 0 Å². The predicted octanol–water partition coefficient (Wildman–Crippen LogP) is 1.63. The van der Waals surface area contributed by atoms with Crippen molar-refractivity contribution in [3.05, 3.63) is 0 Å². The smallest absolute Gasteiger partial charge is 0.311 e. The van der Waals surface area contributed by atoms with Crippen molar-refractivity contribution in [2.45, 2.75) is 40.0 Å². The Morgan fingerprint density at radius 2 is 1.81 bits per heavy atom. The molecule has 0 radical (unpaired) electrons. The van der Waals surface area contributed by atoms with Gasteiger partial charge in [0.2, 0.25) is 0 Å². The summed E-state index contributed by atoms with van der Waals surface area (Å²) in [6.07, 6.45) is 1.48. The number of carbonyl (C=O) groups excluding carboxylic acids is 1. The van der Waals surface area contributed by atoms with Gasteiger partial charge in [0.15, 0.2) is 0 Å². The molecule has 5 nitrogen and oxygen atoms in total. The van der Waals surface area contributed by atoms with Crippen LogP contribution in [0.5, 0.6) is 0 Å². The summed E-state index contributed by atoms with van der Waals surface area (Å²) in [5.74, 6) is -0.692. The maximum atomic E-state index is 11.6. The van der Waals surface area contributed by atoms with Gasteiger partial charge in [0.05, 0.1) is 17.8 Å². The average molecular weight is 252 g/mol. The first-order valence-electron chi connectivity index (χ1n) is 5.37. The van der Waals surface area contributed by atoms with Crippen LogP contribution in [0, 0.1) is 5.41 Å². The average Bonchev–Trinajstić information content (AvgIpc) is 2.21. The third-order valence-electron chi connectivity index (χ3n) is 2.83. The molecule has 0 aromatic carbocycles. The van der Waals surface area contributed by atoms with E-state index < -0.39 is 15.5 Å². The number of carbonyl (C=O) groups is 1. The highest BCUT2D eigenvalue weighted by Gasteiger charge is 2.30. The highest BCUT2D eigenvalue weighted by Crippen LogP contribution is 2.26. The first-order valence-corrected chi connectivity index (χ1v) is 6.98. The van der Waals surface area contributed by atoms with Crippen LogP contribution in [0.1, 0.15) is 40.0 Å². The minimum atomic E-state index is -3.96. The zero-order valence-corrected chi connectivity index (χ0v) is 10.8. The Morgan fingerprint density at radius 1 is 1.31 bits per heavy atom. The number of hydrogen-bond acceptors (Lipinski definition) is 4. The summed E-state index contributed by atoms with van der Waals surface area (Å²) in [6, 6.07) is 0. The second-order valence-corrected chi connectivity index (χ2v) is 5.62. The van der Waals surface area contributed by atoms with Crippen molar-refractivity contribution in [3.63, 3.8) is 0 Å². The standard InChI is InChI=1S/C10H20O5S/c1-4-10(3,5-2)9(11)15-7-6-8-16(12,13)14/h4-8H2,1-3H3,(H,12,13,14). The largest absolute Gasteiger partial charge is 0.465 e. The van der Waals surface area contributed by atoms with Crippen molar-refractivity contribution in [2.75, 3.05) is 12.4 Å². The fourth-order valence-electron chi connectivity index (χ4n) is 1.12. The maximum absolute atomic E-state index is 11.6. The van der Waals surface area contributed by atoms with Crippen LogP contribution in [-0.4, -0.2) is 31.3 Å². The summed E-state index contributed by atoms with van der Waals surface area (Å²) in [7, 11) is -3.96. The number of hydrogen-bond donors (Lipinski definition) is 1. The van der Waals surface area contributed by atoms with E-state index in [-0.39, 0.29) is 24.7 Å². The Bertz CT molecular complexity index is 316. The molecule has 16 heavy (non-hydrogen) atoms. The summed E-state index contributed by atoms with van der Waals surface area (Å²) in [6.45, 7) is 5.65. The van der Waals surface area contributed by atoms with Crippen molar-refractivity contribution in [2.24, 2.45) is 5.41 Å². The summed E-state index contributed by atoms with van der Waals surface area (Å²) >= 11 is 0. The SMILES string of the molecule is CCC(C)(CC)C(=O)OCCCS(=O)(=O)O. The Hall–Kier alpha value is -0.620. The van der Waals surface area contributed by atoms with Gasteiger partial charge in [-0.05, 0) is 26.2 Å². The maximum Gasteiger partial charge on any atom is 0.311 e. The molecule has 0 spiro atoms. The first kappa shape index (κ1) is 15.4. The van der Waals surface area contributed by atoms with E-state index in [1.165, 1.54) is 0 Å². The predicted molar refractivity (Wildman–Crippen MR) is 60.7 cm³/mol. The van der Waals surface area contributed by atoms with E-state index in [9.17, 15) is 13.2 Å². The van der Waals surface area contributed by atoms with Gasteiger partial charge in [-0.3, -0.25) is 9.35 Å². The van der Waals surface area contributed by atoms with Gasteiger partial charge in [-0.1, -0.05) is 13.8 Å². The molecule has 1 N–H and O–H groups in total. The molecule has 0 rings (SSSR count). The van der Waals surface area contributed by atoms with Crippen molar-refractivity contribution < 1.29 is 22.5 Å². The molecule has 0 unspecified atom stereocenters. The molecule has 96 valence electrons. The number of rotatable bonds is 7. The molecule has 0 heterocycles. The van der Waals surface area contributed by atoms with Gasteiger partial charge in [-0.25, -0.2) is 0 Å². The summed E-state index contributed by atoms with van der Waals surface area (Å²) in [4.78, 5) is 11.6. The highest BCUT2D eigenvalue weighted by atomic mass is 32.2. The lowest BCUT2D eigenvalue weighted by Gasteiger charge is -2.23. The molecule has 0 aliphatic rings. The van der Waals surface area contributed by atoms with E-state index in [2.05, 4.69) is 0 Å². The van der Waals surface area contributed by atoms with E-state index in [1.807, 2.05) is 20.8 Å². The van der Waals surface area contributed by atoms with Gasteiger partial charge in [-0.15, -0.1) is 0 Å². The molecule has 0 aliphatic carbocycles. The van der Waals surface area contributed by atoms with E-state index in [0.29, 0.717) is 12.8 Å². The lowest BCUT2D eigenvalue weighted by molar-refractivity contribution is -0.155. The van der Waals surface area contributed by atoms with Crippen LogP contribution in [-0.2, 0) is 19.6 Å². The fourth-order valence-corrected chi connectivity index (χ4v) is 1.60. The van der Waals surface area contributed by atoms with Crippen LogP contribution in [0.15, 0.2) is 0 Å². The van der Waals surface area contributed by atoms with Crippen LogP contribution >= 0.6 is 0 Å². The van der Waals surface area contributed by atoms with Crippen molar-refractivity contribution in [3.8, 4) is 0 Å². The highest BCUT2D eigenvalue weighted by molar-refractivity contribution is 7.85. The second-order valence-electron chi connectivity index (χ2n) is 4.04. The van der Waals surface area contributed by atoms with Crippen molar-refractivity contribution in [1.29, 1.82) is 0 Å². The minimum Gasteiger partial charge on any atom is -0.465 e. The Labute approximate surface area is 96.9 Å². The second kappa shape index (κ2) is 6.20. The molecule has 0 aliphatic heterocycles. The quantitative estimate of drug-likeness (QED) is 0.423. The van der Waals surface area contributed by atoms with Gasteiger partial charge < -0.3 is 4.74 Å². The Balaban J connectivity index is 3.99. The first-order chi connectivity index (χ1) is 7.25. The monoisotopic (exact) mass is 252 g/mol. The Morgan fingerprint density at radius 3 is 2.19 bits per heavy atom. The van der Waals surface area contributed by atoms with E-state index in [0.717, 1.165) is 0 Å². The Kier molecular flexibility index (Phi) is 5.96. The van der Waals surface area contributed by atoms with Gasteiger partial charge in [-0.2, -0.15) is 8.42 Å². The third-order valence-corrected chi connectivity index (χ3v) is 3.64. The number of esters is 1. The van der Waals surface area contributed by atoms with Crippen LogP contribution in [0.2, 0.25) is 0 Å². The molecular weight excluding hydrogens is 232 g/mol. The van der Waals surface area contributed by atoms with Crippen LogP contribution < -0.4 is 0 Å². The van der Waals surface area contributed by atoms with Crippen molar-refractivity contribution in [1.82, 2.24) is 0 Å². The molecule has 6 heteroatoms. The molecule has 0 saturated heterocycles. The lowest BCUT2D eigenvalue weighted by atomic mass is 9.85. The van der Waals surface area contributed by atoms with Gasteiger partial charge in [0, 0.05) is 0 Å². The molecular formula is C10H20O5S. The molecule has 0 atom stereocenters. The van der Waals surface area contributed by atoms with E-state index in [1.54, 1.807) is 0 Å². The number of ether oxygens (including phenoxy) is 1. The molecule has 0 bridgehead atoms. The van der Waals surface area contributed by atoms with Crippen molar-refractivity contribution >= 4 is 16.1 Å². The fraction of sp³-hybridized carbons (Fsp3) is 0.900. The summed E-state index contributed by atoms with van der Waals surface area (Å²) in [5.41, 5.74) is -0.502. The van der Waals surface area contributed by atoms with Crippen LogP contribution in [0.3, 0.4) is 0 Å². The third kappa shape index (κ3) is 5.46. The normalized spacial score (nSPS) is 12.5. The zero-order valence-electron chi connectivity index (χ0n) is 10.0. The summed E-state index contributed by atoms with van der Waals surface area (Å²) < 4.78 is 34.2. The zero-order chi connectivity index (χ0) is 12.8. The van der Waals surface area contributed by atoms with Crippen LogP contribution in [0.4, 0.5) is 0 Å². The van der Waals surface area contributed by atoms with Gasteiger partial charge in [0.25, 0.3) is 10.1 Å². The molecule has 0 fully saturated rings.